The number of allylic oxidation sites excluding steroid dienone is 1. The molecule has 1 aliphatic heterocycles. The monoisotopic (exact) mass is 804 g/mol. The molecule has 6 rings (SSSR count). The number of fused-ring (bicyclic) bond motifs is 4. The van der Waals surface area contributed by atoms with Crippen molar-refractivity contribution in [2.24, 2.45) is 4.99 Å². The van der Waals surface area contributed by atoms with Gasteiger partial charge in [-0.3, -0.25) is 14.6 Å². The van der Waals surface area contributed by atoms with Crippen molar-refractivity contribution >= 4 is 35.9 Å². The largest absolute Gasteiger partial charge is 0.488 e. The van der Waals surface area contributed by atoms with Crippen LogP contribution in [0.15, 0.2) is 77.5 Å². The molecule has 15 heteroatoms. The Labute approximate surface area is 344 Å². The van der Waals surface area contributed by atoms with Gasteiger partial charge in [-0.1, -0.05) is 56.3 Å². The molecule has 3 aromatic carbocycles. The van der Waals surface area contributed by atoms with Crippen molar-refractivity contribution in [3.05, 3.63) is 101 Å². The number of amides is 4. The predicted octanol–water partition coefficient (Wildman–Crippen LogP) is 5.97. The van der Waals surface area contributed by atoms with Gasteiger partial charge in [-0.15, -0.1) is 0 Å². The average Bonchev–Trinajstić information content (AvgIpc) is 3.74. The number of aliphatic imine (C=N–C) groups is 1. The fourth-order valence-electron chi connectivity index (χ4n) is 7.40. The van der Waals surface area contributed by atoms with Crippen molar-refractivity contribution < 1.29 is 33.4 Å². The van der Waals surface area contributed by atoms with Crippen LogP contribution in [0.25, 0.3) is 28.1 Å². The van der Waals surface area contributed by atoms with Gasteiger partial charge >= 0.3 is 12.2 Å². The molecule has 0 fully saturated rings. The number of carbonyl (C=O) groups excluding carboxylic acids is 4. The second-order valence-corrected chi connectivity index (χ2v) is 14.2. The quantitative estimate of drug-likeness (QED) is 0.0993. The summed E-state index contributed by atoms with van der Waals surface area (Å²) in [7, 11) is 4.42. The minimum absolute atomic E-state index is 0.158. The zero-order valence-corrected chi connectivity index (χ0v) is 34.2. The second-order valence-electron chi connectivity index (χ2n) is 14.2. The third-order valence-electron chi connectivity index (χ3n) is 10.3. The summed E-state index contributed by atoms with van der Waals surface area (Å²) in [5.74, 6) is 0.958. The van der Waals surface area contributed by atoms with Crippen molar-refractivity contribution in [2.75, 3.05) is 47.4 Å². The number of aromatic amines is 1. The molecular formula is C44H52N8O7. The van der Waals surface area contributed by atoms with Crippen molar-refractivity contribution in [3.8, 4) is 28.1 Å². The Morgan fingerprint density at radius 2 is 1.68 bits per heavy atom. The summed E-state index contributed by atoms with van der Waals surface area (Å²) in [6, 6.07) is 18.8. The van der Waals surface area contributed by atoms with Crippen LogP contribution in [0.3, 0.4) is 0 Å². The first kappa shape index (κ1) is 42.0. The van der Waals surface area contributed by atoms with Gasteiger partial charge in [-0.2, -0.15) is 0 Å². The standard InChI is InChI=1S/C44H52N8O7/c1-6-18-51(42(54)40(50-44(56)58-5)28-11-9-8-10-12-28)20-17-46-35-16-14-29-22-34-32-15-13-30(21-31(32)27-59-37(34)23-33(29)41(35)45-3)36-24-47-38(49-36)26-52(19-7-2)39(53)25-48-43(55)57-4/h8-13,15,17,21-24,40,45H,6-7,14,16,18-20,25-27H2,1-5H3,(H,47,49)(H,48,55)(H,50,56)/b46-17+/t40-/m1/s1. The highest BCUT2D eigenvalue weighted by Crippen LogP contribution is 2.43. The fraction of sp³-hybridized carbons (Fsp3) is 0.364. The number of hydrogen-bond donors (Lipinski definition) is 4. The number of rotatable bonds is 16. The number of aryl methyl sites for hydroxylation is 1. The Kier molecular flexibility index (Phi) is 14.0. The topological polar surface area (TPSA) is 180 Å². The molecule has 4 aromatic rings. The molecule has 15 nitrogen and oxygen atoms in total. The molecule has 59 heavy (non-hydrogen) atoms. The van der Waals surface area contributed by atoms with Crippen LogP contribution in [-0.2, 0) is 38.6 Å². The number of hydrogen-bond acceptors (Lipinski definition) is 10. The lowest BCUT2D eigenvalue weighted by Crippen LogP contribution is -2.44. The summed E-state index contributed by atoms with van der Waals surface area (Å²) in [5, 5.41) is 8.51. The molecule has 0 bridgehead atoms. The minimum Gasteiger partial charge on any atom is -0.488 e. The SMILES string of the molecule is CCCN(Cc1ncc(-c2ccc3c(c2)COc2cc4c(cc2-3)CCC(/N=C/CN(CCC)C(=O)[C@H](NC(=O)OC)c2ccccc2)=C4NC)[nH]1)C(=O)CNC(=O)OC. The molecule has 4 N–H and O–H groups in total. The molecule has 4 amide bonds. The van der Waals surface area contributed by atoms with Crippen molar-refractivity contribution in [1.82, 2.24) is 35.7 Å². The van der Waals surface area contributed by atoms with Crippen LogP contribution in [0.4, 0.5) is 9.59 Å². The number of carbonyl (C=O) groups is 4. The van der Waals surface area contributed by atoms with Crippen LogP contribution in [0.5, 0.6) is 5.75 Å². The maximum Gasteiger partial charge on any atom is 0.407 e. The molecule has 0 radical (unpaired) electrons. The summed E-state index contributed by atoms with van der Waals surface area (Å²) >= 11 is 0. The molecule has 1 aromatic heterocycles. The van der Waals surface area contributed by atoms with Gasteiger partial charge < -0.3 is 44.9 Å². The van der Waals surface area contributed by atoms with Crippen LogP contribution >= 0.6 is 0 Å². The third kappa shape index (κ3) is 9.91. The first-order valence-electron chi connectivity index (χ1n) is 19.9. The minimum atomic E-state index is -0.895. The average molecular weight is 805 g/mol. The van der Waals surface area contributed by atoms with E-state index in [1.165, 1.54) is 19.8 Å². The fourth-order valence-corrected chi connectivity index (χ4v) is 7.40. The molecular weight excluding hydrogens is 753 g/mol. The lowest BCUT2D eigenvalue weighted by atomic mass is 9.86. The van der Waals surface area contributed by atoms with Gasteiger partial charge in [0.15, 0.2) is 0 Å². The number of nitrogens with zero attached hydrogens (tertiary/aromatic N) is 4. The van der Waals surface area contributed by atoms with Crippen molar-refractivity contribution in [3.63, 3.8) is 0 Å². The number of nitrogens with one attached hydrogen (secondary N) is 4. The number of aromatic nitrogens is 2. The Hall–Kier alpha value is -6.64. The highest BCUT2D eigenvalue weighted by atomic mass is 16.5. The zero-order valence-electron chi connectivity index (χ0n) is 34.2. The molecule has 1 aliphatic carbocycles. The Bertz CT molecular complexity index is 2220. The van der Waals surface area contributed by atoms with E-state index in [1.54, 1.807) is 22.2 Å². The van der Waals surface area contributed by atoms with Gasteiger partial charge in [0.05, 0.1) is 50.6 Å². The van der Waals surface area contributed by atoms with E-state index in [1.807, 2.05) is 51.2 Å². The van der Waals surface area contributed by atoms with E-state index in [0.717, 1.165) is 69.9 Å². The summed E-state index contributed by atoms with van der Waals surface area (Å²) in [4.78, 5) is 66.4. The molecule has 1 atom stereocenters. The maximum absolute atomic E-state index is 13.8. The van der Waals surface area contributed by atoms with Gasteiger partial charge in [0.2, 0.25) is 11.8 Å². The Morgan fingerprint density at radius 3 is 2.41 bits per heavy atom. The van der Waals surface area contributed by atoms with Crippen LogP contribution < -0.4 is 20.7 Å². The van der Waals surface area contributed by atoms with Crippen LogP contribution in [0, 0.1) is 0 Å². The summed E-state index contributed by atoms with van der Waals surface area (Å²) in [6.45, 7) is 5.78. The molecule has 0 unspecified atom stereocenters. The lowest BCUT2D eigenvalue weighted by Gasteiger charge is -2.28. The van der Waals surface area contributed by atoms with E-state index in [9.17, 15) is 19.2 Å². The van der Waals surface area contributed by atoms with Gasteiger partial charge in [-0.05, 0) is 71.7 Å². The van der Waals surface area contributed by atoms with Crippen LogP contribution in [0.2, 0.25) is 0 Å². The number of methoxy groups -OCH3 is 2. The first-order valence-corrected chi connectivity index (χ1v) is 19.9. The number of benzene rings is 3. The van der Waals surface area contributed by atoms with Gasteiger partial charge in [-0.25, -0.2) is 14.6 Å². The lowest BCUT2D eigenvalue weighted by molar-refractivity contribution is -0.133. The van der Waals surface area contributed by atoms with E-state index in [-0.39, 0.29) is 31.4 Å². The second kappa shape index (κ2) is 19.7. The molecule has 0 saturated heterocycles. The molecule has 2 aliphatic rings. The molecule has 2 heterocycles. The van der Waals surface area contributed by atoms with Gasteiger partial charge in [0.25, 0.3) is 0 Å². The van der Waals surface area contributed by atoms with Crippen LogP contribution in [0.1, 0.15) is 67.2 Å². The highest BCUT2D eigenvalue weighted by molar-refractivity contribution is 5.89. The Balaban J connectivity index is 1.17. The van der Waals surface area contributed by atoms with Crippen molar-refractivity contribution in [2.45, 2.75) is 58.7 Å². The summed E-state index contributed by atoms with van der Waals surface area (Å²) in [5.41, 5.74) is 9.62. The maximum atomic E-state index is 13.8. The van der Waals surface area contributed by atoms with E-state index in [2.05, 4.69) is 61.0 Å². The normalized spacial score (nSPS) is 13.3. The smallest absolute Gasteiger partial charge is 0.407 e. The number of alkyl carbamates (subject to hydrolysis) is 2. The van der Waals surface area contributed by atoms with Crippen LogP contribution in [-0.4, -0.2) is 97.4 Å². The molecule has 310 valence electrons. The van der Waals surface area contributed by atoms with Gasteiger partial charge in [0, 0.05) is 37.5 Å². The summed E-state index contributed by atoms with van der Waals surface area (Å²) in [6.07, 6.45) is 5.17. The first-order chi connectivity index (χ1) is 28.7. The predicted molar refractivity (Wildman–Crippen MR) is 224 cm³/mol. The molecule has 0 saturated carbocycles. The highest BCUT2D eigenvalue weighted by Gasteiger charge is 2.28. The van der Waals surface area contributed by atoms with E-state index in [4.69, 9.17) is 14.5 Å². The molecule has 0 spiro atoms. The third-order valence-corrected chi connectivity index (χ3v) is 10.3. The number of imidazole rings is 1. The zero-order chi connectivity index (χ0) is 41.9. The number of H-pyrrole nitrogens is 1. The Morgan fingerprint density at radius 1 is 0.915 bits per heavy atom. The van der Waals surface area contributed by atoms with E-state index < -0.39 is 18.2 Å². The van der Waals surface area contributed by atoms with E-state index >= 15 is 0 Å². The summed E-state index contributed by atoms with van der Waals surface area (Å²) < 4.78 is 15.8. The van der Waals surface area contributed by atoms with Gasteiger partial charge in [0.1, 0.15) is 30.8 Å². The number of ether oxygens (including phenoxy) is 3. The van der Waals surface area contributed by atoms with Crippen molar-refractivity contribution in [1.29, 1.82) is 0 Å². The van der Waals surface area contributed by atoms with E-state index in [0.29, 0.717) is 37.5 Å².